The van der Waals surface area contributed by atoms with Gasteiger partial charge in [0.2, 0.25) is 0 Å². The third-order valence-corrected chi connectivity index (χ3v) is 2.65. The van der Waals surface area contributed by atoms with Crippen molar-refractivity contribution in [2.75, 3.05) is 11.9 Å². The molecule has 0 aliphatic heterocycles. The van der Waals surface area contributed by atoms with Crippen LogP contribution in [0.5, 0.6) is 0 Å². The van der Waals surface area contributed by atoms with E-state index in [0.717, 1.165) is 0 Å². The Bertz CT molecular complexity index is 423. The minimum Gasteiger partial charge on any atom is -0.464 e. The number of ether oxygens (including phenoxy) is 1. The van der Waals surface area contributed by atoms with Gasteiger partial charge in [0, 0.05) is 4.47 Å². The van der Waals surface area contributed by atoms with Gasteiger partial charge in [-0.2, -0.15) is 0 Å². The van der Waals surface area contributed by atoms with E-state index in [9.17, 15) is 9.59 Å². The molecule has 6 heteroatoms. The molecule has 1 amide bonds. The number of nitrogens with one attached hydrogen (secondary N) is 1. The molecular weight excluding hydrogens is 288 g/mol. The second-order valence-electron chi connectivity index (χ2n) is 3.20. The van der Waals surface area contributed by atoms with E-state index in [1.807, 2.05) is 6.07 Å². The van der Waals surface area contributed by atoms with E-state index >= 15 is 0 Å². The number of carbonyl (C=O) groups is 2. The molecule has 0 bridgehead atoms. The summed E-state index contributed by atoms with van der Waals surface area (Å²) in [6.07, 6.45) is 0. The van der Waals surface area contributed by atoms with Crippen LogP contribution in [0.4, 0.5) is 5.69 Å². The van der Waals surface area contributed by atoms with Gasteiger partial charge in [-0.15, -0.1) is 0 Å². The lowest BCUT2D eigenvalue weighted by Crippen LogP contribution is -2.43. The molecule has 1 aromatic rings. The minimum atomic E-state index is -1.32. The number of hydrogen-bond acceptors (Lipinski definition) is 4. The van der Waals surface area contributed by atoms with Gasteiger partial charge in [-0.05, 0) is 35.0 Å². The molecule has 0 spiro atoms. The molecule has 0 aliphatic carbocycles. The SMILES string of the molecule is CCOC(=O)C(N)C(=O)Nc1ccccc1Br. The Morgan fingerprint density at radius 2 is 2.12 bits per heavy atom. The molecule has 1 rings (SSSR count). The molecule has 92 valence electrons. The first-order chi connectivity index (χ1) is 8.06. The fourth-order valence-electron chi connectivity index (χ4n) is 1.11. The molecule has 0 saturated heterocycles. The molecule has 0 radical (unpaired) electrons. The van der Waals surface area contributed by atoms with Gasteiger partial charge < -0.3 is 15.8 Å². The van der Waals surface area contributed by atoms with Crippen molar-refractivity contribution in [1.29, 1.82) is 0 Å². The molecule has 1 aromatic carbocycles. The van der Waals surface area contributed by atoms with Crippen LogP contribution in [-0.4, -0.2) is 24.5 Å². The van der Waals surface area contributed by atoms with Crippen molar-refractivity contribution in [3.05, 3.63) is 28.7 Å². The van der Waals surface area contributed by atoms with E-state index in [2.05, 4.69) is 26.0 Å². The van der Waals surface area contributed by atoms with Gasteiger partial charge in [0.25, 0.3) is 5.91 Å². The second kappa shape index (κ2) is 6.36. The average Bonchev–Trinajstić information content (AvgIpc) is 2.31. The van der Waals surface area contributed by atoms with Gasteiger partial charge in [0.15, 0.2) is 6.04 Å². The third-order valence-electron chi connectivity index (χ3n) is 1.95. The van der Waals surface area contributed by atoms with Crippen LogP contribution in [0.15, 0.2) is 28.7 Å². The number of carbonyl (C=O) groups excluding carboxylic acids is 2. The molecular formula is C11H13BrN2O3. The minimum absolute atomic E-state index is 0.189. The normalized spacial score (nSPS) is 11.7. The summed E-state index contributed by atoms with van der Waals surface area (Å²) >= 11 is 3.27. The Morgan fingerprint density at radius 1 is 1.47 bits per heavy atom. The molecule has 17 heavy (non-hydrogen) atoms. The van der Waals surface area contributed by atoms with Crippen LogP contribution in [0.3, 0.4) is 0 Å². The summed E-state index contributed by atoms with van der Waals surface area (Å²) in [5.74, 6) is -1.34. The van der Waals surface area contributed by atoms with Crippen LogP contribution < -0.4 is 11.1 Å². The number of benzene rings is 1. The van der Waals surface area contributed by atoms with Crippen molar-refractivity contribution >= 4 is 33.5 Å². The Hall–Kier alpha value is -1.40. The molecule has 5 nitrogen and oxygen atoms in total. The maximum absolute atomic E-state index is 11.6. The Kier molecular flexibility index (Phi) is 5.11. The molecule has 3 N–H and O–H groups in total. The number of amides is 1. The highest BCUT2D eigenvalue weighted by atomic mass is 79.9. The number of para-hydroxylation sites is 1. The number of esters is 1. The summed E-state index contributed by atoms with van der Waals surface area (Å²) in [4.78, 5) is 22.9. The van der Waals surface area contributed by atoms with Crippen molar-refractivity contribution in [2.24, 2.45) is 5.73 Å². The smallest absolute Gasteiger partial charge is 0.332 e. The zero-order chi connectivity index (χ0) is 12.8. The van der Waals surface area contributed by atoms with Gasteiger partial charge in [-0.3, -0.25) is 4.79 Å². The predicted octanol–water partition coefficient (Wildman–Crippen LogP) is 1.28. The largest absolute Gasteiger partial charge is 0.464 e. The van der Waals surface area contributed by atoms with Crippen LogP contribution >= 0.6 is 15.9 Å². The van der Waals surface area contributed by atoms with Crippen LogP contribution in [0, 0.1) is 0 Å². The van der Waals surface area contributed by atoms with E-state index in [0.29, 0.717) is 10.2 Å². The molecule has 1 atom stereocenters. The van der Waals surface area contributed by atoms with Crippen LogP contribution in [0.25, 0.3) is 0 Å². The summed E-state index contributed by atoms with van der Waals surface area (Å²) in [5, 5.41) is 2.54. The Labute approximate surface area is 107 Å². The van der Waals surface area contributed by atoms with E-state index in [4.69, 9.17) is 5.73 Å². The zero-order valence-electron chi connectivity index (χ0n) is 9.27. The summed E-state index contributed by atoms with van der Waals surface area (Å²) in [7, 11) is 0. The highest BCUT2D eigenvalue weighted by Gasteiger charge is 2.23. The first-order valence-electron chi connectivity index (χ1n) is 5.04. The van der Waals surface area contributed by atoms with Gasteiger partial charge in [-0.25, -0.2) is 4.79 Å². The monoisotopic (exact) mass is 300 g/mol. The number of rotatable bonds is 4. The molecule has 0 fully saturated rings. The van der Waals surface area contributed by atoms with Crippen molar-refractivity contribution in [2.45, 2.75) is 13.0 Å². The second-order valence-corrected chi connectivity index (χ2v) is 4.05. The van der Waals surface area contributed by atoms with Crippen molar-refractivity contribution in [3.8, 4) is 0 Å². The highest BCUT2D eigenvalue weighted by Crippen LogP contribution is 2.21. The number of nitrogens with two attached hydrogens (primary N) is 1. The van der Waals surface area contributed by atoms with Gasteiger partial charge in [0.1, 0.15) is 0 Å². The fraction of sp³-hybridized carbons (Fsp3) is 0.273. The van der Waals surface area contributed by atoms with Crippen LogP contribution in [-0.2, 0) is 14.3 Å². The van der Waals surface area contributed by atoms with E-state index in [1.165, 1.54) is 0 Å². The standard InChI is InChI=1S/C11H13BrN2O3/c1-2-17-11(16)9(13)10(15)14-8-6-4-3-5-7(8)12/h3-6,9H,2,13H2,1H3,(H,14,15). The lowest BCUT2D eigenvalue weighted by Gasteiger charge is -2.11. The summed E-state index contributed by atoms with van der Waals surface area (Å²) in [6, 6.07) is 5.72. The quantitative estimate of drug-likeness (QED) is 0.648. The van der Waals surface area contributed by atoms with Gasteiger partial charge in [-0.1, -0.05) is 12.1 Å². The molecule has 0 aromatic heterocycles. The zero-order valence-corrected chi connectivity index (χ0v) is 10.9. The molecule has 0 aliphatic rings. The van der Waals surface area contributed by atoms with Crippen LogP contribution in [0.1, 0.15) is 6.92 Å². The predicted molar refractivity (Wildman–Crippen MR) is 67.4 cm³/mol. The van der Waals surface area contributed by atoms with Crippen molar-refractivity contribution in [3.63, 3.8) is 0 Å². The maximum Gasteiger partial charge on any atom is 0.332 e. The molecule has 0 saturated carbocycles. The summed E-state index contributed by atoms with van der Waals surface area (Å²) in [5.41, 5.74) is 6.00. The van der Waals surface area contributed by atoms with Gasteiger partial charge in [0.05, 0.1) is 12.3 Å². The maximum atomic E-state index is 11.6. The first-order valence-corrected chi connectivity index (χ1v) is 5.83. The topological polar surface area (TPSA) is 81.4 Å². The Morgan fingerprint density at radius 3 is 2.71 bits per heavy atom. The van der Waals surface area contributed by atoms with E-state index in [-0.39, 0.29) is 6.61 Å². The van der Waals surface area contributed by atoms with Crippen molar-refractivity contribution in [1.82, 2.24) is 0 Å². The fourth-order valence-corrected chi connectivity index (χ4v) is 1.50. The lowest BCUT2D eigenvalue weighted by molar-refractivity contribution is -0.146. The average molecular weight is 301 g/mol. The molecule has 0 heterocycles. The summed E-state index contributed by atoms with van der Waals surface area (Å²) < 4.78 is 5.37. The molecule has 1 unspecified atom stereocenters. The van der Waals surface area contributed by atoms with E-state index in [1.54, 1.807) is 25.1 Å². The Balaban J connectivity index is 2.67. The first kappa shape index (κ1) is 13.7. The lowest BCUT2D eigenvalue weighted by atomic mass is 10.2. The van der Waals surface area contributed by atoms with Gasteiger partial charge >= 0.3 is 5.97 Å². The highest BCUT2D eigenvalue weighted by molar-refractivity contribution is 9.10. The number of hydrogen-bond donors (Lipinski definition) is 2. The van der Waals surface area contributed by atoms with E-state index < -0.39 is 17.9 Å². The summed E-state index contributed by atoms with van der Waals surface area (Å²) in [6.45, 7) is 1.84. The third kappa shape index (κ3) is 3.83. The van der Waals surface area contributed by atoms with Crippen molar-refractivity contribution < 1.29 is 14.3 Å². The van der Waals surface area contributed by atoms with Crippen LogP contribution in [0.2, 0.25) is 0 Å². The number of anilines is 1. The number of halogens is 1.